The molecule has 3 nitrogen and oxygen atoms in total. The summed E-state index contributed by atoms with van der Waals surface area (Å²) in [7, 11) is 0. The van der Waals surface area contributed by atoms with Crippen LogP contribution in [0.25, 0.3) is 11.0 Å². The second kappa shape index (κ2) is 4.57. The van der Waals surface area contributed by atoms with Crippen LogP contribution in [0.4, 0.5) is 5.69 Å². The third-order valence-corrected chi connectivity index (χ3v) is 2.71. The number of aromatic nitrogens is 2. The zero-order valence-electron chi connectivity index (χ0n) is 8.50. The Morgan fingerprint density at radius 2 is 2.07 bits per heavy atom. The molecule has 0 aliphatic rings. The van der Waals surface area contributed by atoms with Crippen LogP contribution >= 0.6 is 15.9 Å². The summed E-state index contributed by atoms with van der Waals surface area (Å²) in [6, 6.07) is 4.05. The van der Waals surface area contributed by atoms with Gasteiger partial charge in [-0.1, -0.05) is 6.92 Å². The van der Waals surface area contributed by atoms with Gasteiger partial charge < -0.3 is 5.32 Å². The Morgan fingerprint density at radius 1 is 1.27 bits per heavy atom. The maximum atomic E-state index is 4.28. The number of nitrogens with one attached hydrogen (secondary N) is 1. The minimum atomic E-state index is 0.902. The first-order chi connectivity index (χ1) is 7.31. The molecule has 2 rings (SSSR count). The standard InChI is InChI=1S/C11H12BrN3/c1-2-3-13-8-6-9(12)11-10(7-8)14-4-5-15-11/h4-7,13H,2-3H2,1H3. The summed E-state index contributed by atoms with van der Waals surface area (Å²) in [6.45, 7) is 3.11. The van der Waals surface area contributed by atoms with Gasteiger partial charge in [-0.25, -0.2) is 0 Å². The fourth-order valence-corrected chi connectivity index (χ4v) is 1.96. The molecule has 0 saturated carbocycles. The first-order valence-corrected chi connectivity index (χ1v) is 5.74. The Hall–Kier alpha value is -1.16. The molecule has 0 atom stereocenters. The van der Waals surface area contributed by atoms with E-state index in [9.17, 15) is 0 Å². The second-order valence-electron chi connectivity index (χ2n) is 3.31. The van der Waals surface area contributed by atoms with Crippen LogP contribution in [0.5, 0.6) is 0 Å². The van der Waals surface area contributed by atoms with E-state index in [0.29, 0.717) is 0 Å². The van der Waals surface area contributed by atoms with E-state index in [2.05, 4.69) is 38.1 Å². The molecule has 0 radical (unpaired) electrons. The van der Waals surface area contributed by atoms with Crippen molar-refractivity contribution in [1.29, 1.82) is 0 Å². The van der Waals surface area contributed by atoms with Gasteiger partial charge in [0.2, 0.25) is 0 Å². The van der Waals surface area contributed by atoms with E-state index >= 15 is 0 Å². The van der Waals surface area contributed by atoms with Crippen LogP contribution in [0.1, 0.15) is 13.3 Å². The van der Waals surface area contributed by atoms with Crippen molar-refractivity contribution in [3.05, 3.63) is 29.0 Å². The average Bonchev–Trinajstić information content (AvgIpc) is 2.26. The lowest BCUT2D eigenvalue weighted by Crippen LogP contribution is -1.99. The molecule has 1 N–H and O–H groups in total. The first-order valence-electron chi connectivity index (χ1n) is 4.95. The highest BCUT2D eigenvalue weighted by atomic mass is 79.9. The van der Waals surface area contributed by atoms with E-state index in [4.69, 9.17) is 0 Å². The number of fused-ring (bicyclic) bond motifs is 1. The van der Waals surface area contributed by atoms with Crippen LogP contribution in [0.15, 0.2) is 29.0 Å². The molecule has 0 amide bonds. The summed E-state index contributed by atoms with van der Waals surface area (Å²) < 4.78 is 0.978. The zero-order chi connectivity index (χ0) is 10.7. The molecule has 0 unspecified atom stereocenters. The van der Waals surface area contributed by atoms with Crippen LogP contribution in [0.3, 0.4) is 0 Å². The Bertz CT molecular complexity index is 470. The summed E-state index contributed by atoms with van der Waals surface area (Å²) in [5, 5.41) is 3.33. The van der Waals surface area contributed by atoms with Crippen molar-refractivity contribution >= 4 is 32.7 Å². The zero-order valence-corrected chi connectivity index (χ0v) is 10.1. The highest BCUT2D eigenvalue weighted by molar-refractivity contribution is 9.10. The molecule has 0 spiro atoms. The number of benzene rings is 1. The minimum absolute atomic E-state index is 0.902. The number of hydrogen-bond acceptors (Lipinski definition) is 3. The highest BCUT2D eigenvalue weighted by Gasteiger charge is 2.02. The Kier molecular flexibility index (Phi) is 3.16. The van der Waals surface area contributed by atoms with Gasteiger partial charge in [0.25, 0.3) is 0 Å². The van der Waals surface area contributed by atoms with E-state index in [1.165, 1.54) is 0 Å². The third-order valence-electron chi connectivity index (χ3n) is 2.11. The van der Waals surface area contributed by atoms with Crippen LogP contribution < -0.4 is 5.32 Å². The summed E-state index contributed by atoms with van der Waals surface area (Å²) in [6.07, 6.45) is 4.51. The molecule has 4 heteroatoms. The van der Waals surface area contributed by atoms with Crippen molar-refractivity contribution in [2.75, 3.05) is 11.9 Å². The normalized spacial score (nSPS) is 10.5. The number of nitrogens with zero attached hydrogens (tertiary/aromatic N) is 2. The largest absolute Gasteiger partial charge is 0.385 e. The molecular formula is C11H12BrN3. The van der Waals surface area contributed by atoms with Gasteiger partial charge in [0.1, 0.15) is 5.52 Å². The van der Waals surface area contributed by atoms with Gasteiger partial charge in [0.05, 0.1) is 5.52 Å². The van der Waals surface area contributed by atoms with Gasteiger partial charge in [0, 0.05) is 29.1 Å². The average molecular weight is 266 g/mol. The lowest BCUT2D eigenvalue weighted by Gasteiger charge is -2.06. The van der Waals surface area contributed by atoms with Gasteiger partial charge in [0.15, 0.2) is 0 Å². The molecule has 0 saturated heterocycles. The predicted octanol–water partition coefficient (Wildman–Crippen LogP) is 3.21. The summed E-state index contributed by atoms with van der Waals surface area (Å²) in [4.78, 5) is 8.54. The Labute approximate surface area is 97.1 Å². The van der Waals surface area contributed by atoms with Gasteiger partial charge >= 0.3 is 0 Å². The number of hydrogen-bond donors (Lipinski definition) is 1. The fourth-order valence-electron chi connectivity index (χ4n) is 1.40. The van der Waals surface area contributed by atoms with Crippen molar-refractivity contribution in [2.45, 2.75) is 13.3 Å². The number of anilines is 1. The van der Waals surface area contributed by atoms with Gasteiger partial charge in [-0.2, -0.15) is 0 Å². The summed E-state index contributed by atoms with van der Waals surface area (Å²) >= 11 is 3.50. The first kappa shape index (κ1) is 10.4. The summed E-state index contributed by atoms with van der Waals surface area (Å²) in [5.74, 6) is 0. The van der Waals surface area contributed by atoms with Crippen molar-refractivity contribution in [3.63, 3.8) is 0 Å². The SMILES string of the molecule is CCCNc1cc(Br)c2nccnc2c1. The second-order valence-corrected chi connectivity index (χ2v) is 4.16. The van der Waals surface area contributed by atoms with Crippen molar-refractivity contribution in [3.8, 4) is 0 Å². The lowest BCUT2D eigenvalue weighted by atomic mass is 10.2. The van der Waals surface area contributed by atoms with Crippen molar-refractivity contribution in [1.82, 2.24) is 9.97 Å². The molecule has 2 aromatic rings. The van der Waals surface area contributed by atoms with E-state index < -0.39 is 0 Å². The van der Waals surface area contributed by atoms with Gasteiger partial charge in [-0.3, -0.25) is 9.97 Å². The maximum Gasteiger partial charge on any atom is 0.103 e. The van der Waals surface area contributed by atoms with E-state index in [-0.39, 0.29) is 0 Å². The minimum Gasteiger partial charge on any atom is -0.385 e. The predicted molar refractivity (Wildman–Crippen MR) is 66.0 cm³/mol. The fraction of sp³-hybridized carbons (Fsp3) is 0.273. The third kappa shape index (κ3) is 2.26. The molecule has 0 bridgehead atoms. The Morgan fingerprint density at radius 3 is 2.87 bits per heavy atom. The number of rotatable bonds is 3. The van der Waals surface area contributed by atoms with Crippen LogP contribution in [-0.4, -0.2) is 16.5 Å². The van der Waals surface area contributed by atoms with Crippen molar-refractivity contribution in [2.24, 2.45) is 0 Å². The topological polar surface area (TPSA) is 37.8 Å². The smallest absolute Gasteiger partial charge is 0.103 e. The Balaban J connectivity index is 2.43. The molecule has 1 aromatic heterocycles. The lowest BCUT2D eigenvalue weighted by molar-refractivity contribution is 0.980. The number of halogens is 1. The summed E-state index contributed by atoms with van der Waals surface area (Å²) in [5.41, 5.74) is 2.89. The molecule has 1 aromatic carbocycles. The van der Waals surface area contributed by atoms with Gasteiger partial charge in [-0.15, -0.1) is 0 Å². The van der Waals surface area contributed by atoms with Crippen molar-refractivity contribution < 1.29 is 0 Å². The van der Waals surface area contributed by atoms with Crippen LogP contribution in [-0.2, 0) is 0 Å². The quantitative estimate of drug-likeness (QED) is 0.926. The molecule has 78 valence electrons. The molecular weight excluding hydrogens is 254 g/mol. The highest BCUT2D eigenvalue weighted by Crippen LogP contribution is 2.25. The molecule has 0 aliphatic carbocycles. The maximum absolute atomic E-state index is 4.28. The van der Waals surface area contributed by atoms with E-state index in [1.54, 1.807) is 12.4 Å². The molecule has 15 heavy (non-hydrogen) atoms. The molecule has 0 aliphatic heterocycles. The molecule has 0 fully saturated rings. The van der Waals surface area contributed by atoms with Crippen LogP contribution in [0, 0.1) is 0 Å². The van der Waals surface area contributed by atoms with E-state index in [1.807, 2.05) is 12.1 Å². The van der Waals surface area contributed by atoms with Crippen LogP contribution in [0.2, 0.25) is 0 Å². The van der Waals surface area contributed by atoms with E-state index in [0.717, 1.165) is 34.2 Å². The van der Waals surface area contributed by atoms with Gasteiger partial charge in [-0.05, 0) is 34.5 Å². The monoisotopic (exact) mass is 265 g/mol. The molecule has 1 heterocycles.